The second kappa shape index (κ2) is 6.73. The number of hydrogen-bond donors (Lipinski definition) is 2. The normalized spacial score (nSPS) is 13.2. The van der Waals surface area contributed by atoms with Crippen LogP contribution in [0.15, 0.2) is 36.4 Å². The summed E-state index contributed by atoms with van der Waals surface area (Å²) < 4.78 is 5.80. The van der Waals surface area contributed by atoms with Crippen molar-refractivity contribution in [1.82, 2.24) is 0 Å². The molecule has 23 heavy (non-hydrogen) atoms. The third kappa shape index (κ3) is 3.83. The zero-order chi connectivity index (χ0) is 16.2. The van der Waals surface area contributed by atoms with Crippen LogP contribution in [0.2, 0.25) is 0 Å². The highest BCUT2D eigenvalue weighted by Crippen LogP contribution is 2.26. The Hall–Kier alpha value is -2.49. The number of carbonyl (C=O) groups is 1. The molecule has 0 aliphatic carbocycles. The van der Waals surface area contributed by atoms with Crippen LogP contribution in [0.25, 0.3) is 0 Å². The first-order chi connectivity index (χ1) is 11.1. The van der Waals surface area contributed by atoms with E-state index in [0.29, 0.717) is 13.0 Å². The standard InChI is InChI=1S/C19H22N2O2/c1-13-3-5-16(11-14(13)2)20-9-10-23-17-6-7-18-15(12-17)4-8-19(22)21-18/h3,5-7,11-12,20H,4,8-10H2,1-2H3,(H,21,22). The maximum atomic E-state index is 11.4. The van der Waals surface area contributed by atoms with Gasteiger partial charge in [0.1, 0.15) is 12.4 Å². The Morgan fingerprint density at radius 1 is 1.09 bits per heavy atom. The van der Waals surface area contributed by atoms with Gasteiger partial charge in [0.2, 0.25) is 5.91 Å². The van der Waals surface area contributed by atoms with Crippen molar-refractivity contribution in [2.75, 3.05) is 23.8 Å². The molecule has 1 aliphatic rings. The Bertz CT molecular complexity index is 725. The van der Waals surface area contributed by atoms with Gasteiger partial charge in [-0.15, -0.1) is 0 Å². The molecule has 0 saturated heterocycles. The van der Waals surface area contributed by atoms with Gasteiger partial charge in [-0.1, -0.05) is 6.07 Å². The average molecular weight is 310 g/mol. The van der Waals surface area contributed by atoms with E-state index in [2.05, 4.69) is 42.7 Å². The van der Waals surface area contributed by atoms with Gasteiger partial charge >= 0.3 is 0 Å². The molecule has 4 nitrogen and oxygen atoms in total. The van der Waals surface area contributed by atoms with Gasteiger partial charge in [-0.25, -0.2) is 0 Å². The highest BCUT2D eigenvalue weighted by atomic mass is 16.5. The molecule has 0 bridgehead atoms. The summed E-state index contributed by atoms with van der Waals surface area (Å²) in [6.07, 6.45) is 1.32. The van der Waals surface area contributed by atoms with Gasteiger partial charge in [-0.3, -0.25) is 4.79 Å². The minimum Gasteiger partial charge on any atom is -0.492 e. The van der Waals surface area contributed by atoms with Crippen LogP contribution < -0.4 is 15.4 Å². The third-order valence-electron chi connectivity index (χ3n) is 4.18. The second-order valence-electron chi connectivity index (χ2n) is 5.94. The summed E-state index contributed by atoms with van der Waals surface area (Å²) in [7, 11) is 0. The molecule has 1 amide bonds. The van der Waals surface area contributed by atoms with Crippen LogP contribution in [0, 0.1) is 13.8 Å². The molecule has 0 radical (unpaired) electrons. The molecule has 2 aromatic rings. The summed E-state index contributed by atoms with van der Waals surface area (Å²) >= 11 is 0. The highest BCUT2D eigenvalue weighted by molar-refractivity contribution is 5.93. The molecule has 2 aromatic carbocycles. The van der Waals surface area contributed by atoms with Crippen molar-refractivity contribution in [1.29, 1.82) is 0 Å². The predicted octanol–water partition coefficient (Wildman–Crippen LogP) is 3.68. The van der Waals surface area contributed by atoms with Gasteiger partial charge in [0.05, 0.1) is 0 Å². The van der Waals surface area contributed by atoms with Crippen LogP contribution in [-0.4, -0.2) is 19.1 Å². The molecule has 1 heterocycles. The number of hydrogen-bond acceptors (Lipinski definition) is 3. The molecular formula is C19H22N2O2. The number of amides is 1. The average Bonchev–Trinajstić information content (AvgIpc) is 2.55. The minimum absolute atomic E-state index is 0.0868. The highest BCUT2D eigenvalue weighted by Gasteiger charge is 2.14. The third-order valence-corrected chi connectivity index (χ3v) is 4.18. The number of benzene rings is 2. The number of aryl methyl sites for hydroxylation is 3. The molecule has 2 N–H and O–H groups in total. The van der Waals surface area contributed by atoms with Crippen LogP contribution >= 0.6 is 0 Å². The van der Waals surface area contributed by atoms with E-state index < -0.39 is 0 Å². The molecule has 0 atom stereocenters. The van der Waals surface area contributed by atoms with Crippen molar-refractivity contribution in [2.24, 2.45) is 0 Å². The Kier molecular flexibility index (Phi) is 4.51. The van der Waals surface area contributed by atoms with E-state index in [4.69, 9.17) is 4.74 Å². The molecular weight excluding hydrogens is 288 g/mol. The number of rotatable bonds is 5. The van der Waals surface area contributed by atoms with Crippen LogP contribution in [0.3, 0.4) is 0 Å². The molecule has 0 aromatic heterocycles. The molecule has 0 saturated carbocycles. The van der Waals surface area contributed by atoms with Gasteiger partial charge in [-0.2, -0.15) is 0 Å². The topological polar surface area (TPSA) is 50.4 Å². The first-order valence-corrected chi connectivity index (χ1v) is 7.98. The van der Waals surface area contributed by atoms with Crippen LogP contribution in [0.1, 0.15) is 23.1 Å². The first-order valence-electron chi connectivity index (χ1n) is 7.98. The lowest BCUT2D eigenvalue weighted by Gasteiger charge is -2.18. The molecule has 0 fully saturated rings. The van der Waals surface area contributed by atoms with E-state index in [1.165, 1.54) is 11.1 Å². The lowest BCUT2D eigenvalue weighted by Crippen LogP contribution is -2.19. The van der Waals surface area contributed by atoms with Gasteiger partial charge in [-0.05, 0) is 67.3 Å². The molecule has 120 valence electrons. The Morgan fingerprint density at radius 3 is 2.78 bits per heavy atom. The van der Waals surface area contributed by atoms with Gasteiger partial charge < -0.3 is 15.4 Å². The van der Waals surface area contributed by atoms with Crippen molar-refractivity contribution in [2.45, 2.75) is 26.7 Å². The first kappa shape index (κ1) is 15.4. The van der Waals surface area contributed by atoms with E-state index in [-0.39, 0.29) is 5.91 Å². The summed E-state index contributed by atoms with van der Waals surface area (Å²) in [5.41, 5.74) is 5.75. The summed E-state index contributed by atoms with van der Waals surface area (Å²) in [6.45, 7) is 5.57. The van der Waals surface area contributed by atoms with Crippen LogP contribution in [-0.2, 0) is 11.2 Å². The van der Waals surface area contributed by atoms with Crippen molar-refractivity contribution >= 4 is 17.3 Å². The van der Waals surface area contributed by atoms with Crippen LogP contribution in [0.4, 0.5) is 11.4 Å². The smallest absolute Gasteiger partial charge is 0.224 e. The Morgan fingerprint density at radius 2 is 1.96 bits per heavy atom. The monoisotopic (exact) mass is 310 g/mol. The van der Waals surface area contributed by atoms with E-state index in [1.54, 1.807) is 0 Å². The molecule has 0 spiro atoms. The molecule has 0 unspecified atom stereocenters. The fraction of sp³-hybridized carbons (Fsp3) is 0.316. The number of fused-ring (bicyclic) bond motifs is 1. The number of ether oxygens (including phenoxy) is 1. The van der Waals surface area contributed by atoms with Gasteiger partial charge in [0, 0.05) is 24.3 Å². The Labute approximate surface area is 136 Å². The maximum absolute atomic E-state index is 11.4. The SMILES string of the molecule is Cc1ccc(NCCOc2ccc3c(c2)CCC(=O)N3)cc1C. The second-order valence-corrected chi connectivity index (χ2v) is 5.94. The van der Waals surface area contributed by atoms with E-state index in [0.717, 1.165) is 35.7 Å². The summed E-state index contributed by atoms with van der Waals surface area (Å²) in [5.74, 6) is 0.936. The van der Waals surface area contributed by atoms with Crippen molar-refractivity contribution in [3.8, 4) is 5.75 Å². The summed E-state index contributed by atoms with van der Waals surface area (Å²) in [5, 5.41) is 6.25. The van der Waals surface area contributed by atoms with Crippen LogP contribution in [0.5, 0.6) is 5.75 Å². The van der Waals surface area contributed by atoms with Crippen molar-refractivity contribution in [3.05, 3.63) is 53.1 Å². The predicted molar refractivity (Wildman–Crippen MR) is 93.3 cm³/mol. The molecule has 3 rings (SSSR count). The van der Waals surface area contributed by atoms with E-state index >= 15 is 0 Å². The lowest BCUT2D eigenvalue weighted by molar-refractivity contribution is -0.116. The number of anilines is 2. The Balaban J connectivity index is 1.51. The molecule has 4 heteroatoms. The van der Waals surface area contributed by atoms with Crippen molar-refractivity contribution < 1.29 is 9.53 Å². The fourth-order valence-electron chi connectivity index (χ4n) is 2.67. The zero-order valence-electron chi connectivity index (χ0n) is 13.6. The summed E-state index contributed by atoms with van der Waals surface area (Å²) in [4.78, 5) is 11.4. The van der Waals surface area contributed by atoms with Gasteiger partial charge in [0.15, 0.2) is 0 Å². The van der Waals surface area contributed by atoms with Crippen molar-refractivity contribution in [3.63, 3.8) is 0 Å². The maximum Gasteiger partial charge on any atom is 0.224 e. The molecule has 1 aliphatic heterocycles. The fourth-order valence-corrected chi connectivity index (χ4v) is 2.67. The van der Waals surface area contributed by atoms with E-state index in [1.807, 2.05) is 18.2 Å². The lowest BCUT2D eigenvalue weighted by atomic mass is 10.0. The van der Waals surface area contributed by atoms with E-state index in [9.17, 15) is 4.79 Å². The minimum atomic E-state index is 0.0868. The van der Waals surface area contributed by atoms with Gasteiger partial charge in [0.25, 0.3) is 0 Å². The quantitative estimate of drug-likeness (QED) is 0.828. The summed E-state index contributed by atoms with van der Waals surface area (Å²) in [6, 6.07) is 12.2. The zero-order valence-corrected chi connectivity index (χ0v) is 13.6. The largest absolute Gasteiger partial charge is 0.492 e. The number of nitrogens with one attached hydrogen (secondary N) is 2. The number of carbonyl (C=O) groups excluding carboxylic acids is 1.